The van der Waals surface area contributed by atoms with E-state index in [1.54, 1.807) is 11.2 Å². The molecular weight excluding hydrogens is 104 g/mol. The quantitative estimate of drug-likeness (QED) is 0.456. The predicted octanol–water partition coefficient (Wildman–Crippen LogP) is 2.50. The van der Waals surface area contributed by atoms with Gasteiger partial charge in [0, 0.05) is 4.75 Å². The van der Waals surface area contributed by atoms with E-state index in [1.807, 2.05) is 6.92 Å². The van der Waals surface area contributed by atoms with Crippen LogP contribution in [0.4, 0.5) is 0 Å². The Bertz CT molecular complexity index is 97.6. The normalized spacial score (nSPS) is 10.3. The van der Waals surface area contributed by atoms with E-state index in [0.717, 1.165) is 0 Å². The standard InChI is InChI=1S/C6H12S/c1-5-7-6(2,3)4/h1-4H3. The average molecular weight is 116 g/mol. The first-order valence-corrected chi connectivity index (χ1v) is 3.22. The highest BCUT2D eigenvalue weighted by Crippen LogP contribution is 2.12. The first-order valence-electron chi connectivity index (χ1n) is 2.41. The molecule has 0 saturated heterocycles. The zero-order valence-electron chi connectivity index (χ0n) is 5.41. The Balaban J connectivity index is 3.72. The molecule has 0 rings (SSSR count). The van der Waals surface area contributed by atoms with Crippen LogP contribution in [0.5, 0.6) is 0 Å². The Kier molecular flexibility index (Phi) is 2.34. The van der Waals surface area contributed by atoms with Crippen LogP contribution in [-0.2, 0) is 0 Å². The van der Waals surface area contributed by atoms with Crippen molar-refractivity contribution in [2.45, 2.75) is 32.4 Å². The van der Waals surface area contributed by atoms with Crippen molar-refractivity contribution in [2.75, 3.05) is 0 Å². The van der Waals surface area contributed by atoms with Crippen LogP contribution < -0.4 is 0 Å². The van der Waals surface area contributed by atoms with Crippen LogP contribution in [0.15, 0.2) is 0 Å². The van der Waals surface area contributed by atoms with Crippen LogP contribution >= 0.6 is 11.2 Å². The van der Waals surface area contributed by atoms with Gasteiger partial charge in [-0.15, -0.1) is 11.2 Å². The van der Waals surface area contributed by atoms with Crippen LogP contribution in [0.25, 0.3) is 0 Å². The first-order chi connectivity index (χ1) is 3.06. The van der Waals surface area contributed by atoms with E-state index in [9.17, 15) is 0 Å². The predicted molar refractivity (Wildman–Crippen MR) is 36.9 cm³/mol. The van der Waals surface area contributed by atoms with Crippen molar-refractivity contribution < 1.29 is 0 Å². The maximum atomic E-state index is 3.02. The highest BCUT2D eigenvalue weighted by molar-refractivity contribution is 7.90. The van der Waals surface area contributed by atoms with Gasteiger partial charge in [-0.3, -0.25) is 0 Å². The third-order valence-corrected chi connectivity index (χ3v) is 1.22. The topological polar surface area (TPSA) is 0 Å². The summed E-state index contributed by atoms with van der Waals surface area (Å²) < 4.78 is 0.356. The molecular formula is C6H12S. The van der Waals surface area contributed by atoms with E-state index in [-0.39, 0.29) is 0 Å². The summed E-state index contributed by atoms with van der Waals surface area (Å²) >= 11 is 1.74. The Morgan fingerprint density at radius 3 is 1.71 bits per heavy atom. The molecule has 0 aliphatic heterocycles. The molecule has 0 nitrogen and oxygen atoms in total. The summed E-state index contributed by atoms with van der Waals surface area (Å²) in [5.41, 5.74) is 0. The molecule has 7 heavy (non-hydrogen) atoms. The van der Waals surface area contributed by atoms with E-state index < -0.39 is 0 Å². The third kappa shape index (κ3) is 6.00. The van der Waals surface area contributed by atoms with Gasteiger partial charge < -0.3 is 0 Å². The van der Waals surface area contributed by atoms with Crippen molar-refractivity contribution in [3.8, 4) is 5.18 Å². The van der Waals surface area contributed by atoms with Crippen LogP contribution in [-0.4, -0.2) is 4.75 Å². The summed E-state index contributed by atoms with van der Waals surface area (Å²) in [4.78, 5) is 0. The van der Waals surface area contributed by atoms with Gasteiger partial charge in [-0.25, -0.2) is 0 Å². The molecule has 0 aromatic rings. The van der Waals surface area contributed by atoms with Crippen molar-refractivity contribution in [3.05, 3.63) is 0 Å². The molecule has 1 heteroatoms. The van der Waals surface area contributed by atoms with E-state index in [2.05, 4.69) is 26.0 Å². The van der Waals surface area contributed by atoms with Gasteiger partial charge in [0.05, 0.1) is 0 Å². The lowest BCUT2D eigenvalue weighted by molar-refractivity contribution is 0.811. The van der Waals surface area contributed by atoms with Gasteiger partial charge >= 0.3 is 0 Å². The van der Waals surface area contributed by atoms with E-state index in [0.29, 0.717) is 4.75 Å². The molecule has 0 spiro atoms. The second-order valence-electron chi connectivity index (χ2n) is 2.42. The lowest BCUT2D eigenvalue weighted by Crippen LogP contribution is -2.01. The highest BCUT2D eigenvalue weighted by Gasteiger charge is 2.01. The Labute approximate surface area is 49.5 Å². The maximum Gasteiger partial charge on any atom is 0.0317 e. The van der Waals surface area contributed by atoms with Crippen molar-refractivity contribution >= 4 is 11.2 Å². The van der Waals surface area contributed by atoms with Gasteiger partial charge in [0.15, 0.2) is 0 Å². The Morgan fingerprint density at radius 2 is 1.71 bits per heavy atom. The second-order valence-corrected chi connectivity index (χ2v) is 4.26. The molecule has 0 fully saturated rings. The first kappa shape index (κ1) is 7.00. The SMILES string of the molecule is CC#SC(C)(C)C. The minimum absolute atomic E-state index is 0.356. The number of hydrogen-bond acceptors (Lipinski definition) is 0. The van der Waals surface area contributed by atoms with Gasteiger partial charge in [-0.1, -0.05) is 5.18 Å². The lowest BCUT2D eigenvalue weighted by Gasteiger charge is -2.05. The van der Waals surface area contributed by atoms with E-state index >= 15 is 0 Å². The summed E-state index contributed by atoms with van der Waals surface area (Å²) in [5, 5.41) is 3.02. The molecule has 0 amide bonds. The molecule has 0 atom stereocenters. The summed E-state index contributed by atoms with van der Waals surface area (Å²) in [6, 6.07) is 0. The zero-order chi connectivity index (χ0) is 5.91. The van der Waals surface area contributed by atoms with Gasteiger partial charge in [0.2, 0.25) is 0 Å². The summed E-state index contributed by atoms with van der Waals surface area (Å²) in [7, 11) is 0. The molecule has 0 radical (unpaired) electrons. The molecule has 0 aliphatic carbocycles. The fraction of sp³-hybridized carbons (Fsp3) is 0.833. The third-order valence-electron chi connectivity index (χ3n) is 0.408. The van der Waals surface area contributed by atoms with Crippen molar-refractivity contribution in [3.63, 3.8) is 0 Å². The second kappa shape index (κ2) is 2.34. The minimum atomic E-state index is 0.356. The van der Waals surface area contributed by atoms with Gasteiger partial charge in [-0.05, 0) is 27.7 Å². The molecule has 42 valence electrons. The molecule has 0 aromatic carbocycles. The summed E-state index contributed by atoms with van der Waals surface area (Å²) in [6.07, 6.45) is 0. The highest BCUT2D eigenvalue weighted by atomic mass is 32.1. The minimum Gasteiger partial charge on any atom is -0.129 e. The number of hydrogen-bond donors (Lipinski definition) is 0. The summed E-state index contributed by atoms with van der Waals surface area (Å²) in [5.74, 6) is 0. The Hall–Kier alpha value is 0. The van der Waals surface area contributed by atoms with Crippen LogP contribution in [0, 0.1) is 5.18 Å². The molecule has 0 aliphatic rings. The smallest absolute Gasteiger partial charge is 0.0317 e. The molecule has 0 bridgehead atoms. The van der Waals surface area contributed by atoms with Crippen molar-refractivity contribution in [1.82, 2.24) is 0 Å². The van der Waals surface area contributed by atoms with Crippen LogP contribution in [0.1, 0.15) is 27.7 Å². The summed E-state index contributed by atoms with van der Waals surface area (Å²) in [6.45, 7) is 8.46. The van der Waals surface area contributed by atoms with Crippen LogP contribution in [0.3, 0.4) is 0 Å². The fourth-order valence-corrected chi connectivity index (χ4v) is 0.919. The maximum absolute atomic E-state index is 3.02. The van der Waals surface area contributed by atoms with E-state index in [1.165, 1.54) is 0 Å². The fourth-order valence-electron chi connectivity index (χ4n) is 0.306. The lowest BCUT2D eigenvalue weighted by atomic mass is 10.3. The molecule has 0 unspecified atom stereocenters. The van der Waals surface area contributed by atoms with Crippen LogP contribution in [0.2, 0.25) is 0 Å². The van der Waals surface area contributed by atoms with Crippen molar-refractivity contribution in [1.29, 1.82) is 0 Å². The molecule has 0 N–H and O–H groups in total. The Morgan fingerprint density at radius 1 is 1.29 bits per heavy atom. The molecule has 0 aromatic heterocycles. The van der Waals surface area contributed by atoms with Crippen molar-refractivity contribution in [2.24, 2.45) is 0 Å². The van der Waals surface area contributed by atoms with Gasteiger partial charge in [0.1, 0.15) is 0 Å². The van der Waals surface area contributed by atoms with E-state index in [4.69, 9.17) is 0 Å². The molecule has 0 heterocycles. The number of rotatable bonds is 0. The van der Waals surface area contributed by atoms with Gasteiger partial charge in [-0.2, -0.15) is 0 Å². The largest absolute Gasteiger partial charge is 0.129 e. The van der Waals surface area contributed by atoms with Gasteiger partial charge in [0.25, 0.3) is 0 Å². The molecule has 0 saturated carbocycles. The average Bonchev–Trinajstić information content (AvgIpc) is 1.30. The monoisotopic (exact) mass is 116 g/mol. The zero-order valence-corrected chi connectivity index (χ0v) is 6.22.